The Morgan fingerprint density at radius 1 is 1.29 bits per heavy atom. The van der Waals surface area contributed by atoms with Gasteiger partial charge >= 0.3 is 5.97 Å². The topological polar surface area (TPSA) is 97.2 Å². The van der Waals surface area contributed by atoms with Crippen LogP contribution in [-0.4, -0.2) is 31.4 Å². The number of benzene rings is 1. The van der Waals surface area contributed by atoms with Gasteiger partial charge in [0.05, 0.1) is 11.4 Å². The Balaban J connectivity index is 1.80. The third-order valence-corrected chi connectivity index (χ3v) is 5.51. The zero-order chi connectivity index (χ0) is 19.6. The van der Waals surface area contributed by atoms with Gasteiger partial charge in [-0.15, -0.1) is 0 Å². The molecular formula is C21H19N3O4. The molecule has 5 rings (SSSR count). The second-order valence-corrected chi connectivity index (χ2v) is 7.95. The van der Waals surface area contributed by atoms with Crippen LogP contribution in [0.15, 0.2) is 35.4 Å². The summed E-state index contributed by atoms with van der Waals surface area (Å²) < 4.78 is 8.14. The number of pyridine rings is 1. The van der Waals surface area contributed by atoms with Gasteiger partial charge < -0.3 is 14.4 Å². The van der Waals surface area contributed by atoms with Crippen LogP contribution < -0.4 is 10.2 Å². The van der Waals surface area contributed by atoms with Crippen molar-refractivity contribution >= 4 is 5.97 Å². The molecule has 0 amide bonds. The molecule has 0 atom stereocenters. The highest BCUT2D eigenvalue weighted by Crippen LogP contribution is 2.48. The van der Waals surface area contributed by atoms with Crippen molar-refractivity contribution in [3.05, 3.63) is 57.5 Å². The number of hydrogen-bond donors (Lipinski definition) is 2. The average Bonchev–Trinajstić information content (AvgIpc) is 3.26. The number of aromatic nitrogens is 3. The van der Waals surface area contributed by atoms with Gasteiger partial charge in [-0.3, -0.25) is 9.89 Å². The zero-order valence-electron chi connectivity index (χ0n) is 15.6. The van der Waals surface area contributed by atoms with Crippen LogP contribution in [-0.2, 0) is 19.4 Å². The van der Waals surface area contributed by atoms with E-state index in [9.17, 15) is 14.7 Å². The highest BCUT2D eigenvalue weighted by Gasteiger charge is 2.36. The Bertz CT molecular complexity index is 1190. The molecule has 2 N–H and O–H groups in total. The predicted octanol–water partition coefficient (Wildman–Crippen LogP) is 2.87. The maximum absolute atomic E-state index is 12.4. The van der Waals surface area contributed by atoms with Crippen molar-refractivity contribution in [3.63, 3.8) is 0 Å². The fourth-order valence-electron chi connectivity index (χ4n) is 4.31. The first-order valence-corrected chi connectivity index (χ1v) is 9.20. The van der Waals surface area contributed by atoms with E-state index in [-0.39, 0.29) is 11.2 Å². The van der Waals surface area contributed by atoms with Crippen molar-refractivity contribution in [3.8, 4) is 28.3 Å². The summed E-state index contributed by atoms with van der Waals surface area (Å²) >= 11 is 0. The number of aromatic amines is 1. The molecule has 0 aliphatic carbocycles. The maximum Gasteiger partial charge on any atom is 0.341 e. The van der Waals surface area contributed by atoms with E-state index in [2.05, 4.69) is 24.0 Å². The number of aryl methyl sites for hydroxylation is 1. The summed E-state index contributed by atoms with van der Waals surface area (Å²) in [5.41, 5.74) is 4.78. The average molecular weight is 377 g/mol. The van der Waals surface area contributed by atoms with Gasteiger partial charge in [-0.2, -0.15) is 5.10 Å². The fourth-order valence-corrected chi connectivity index (χ4v) is 4.31. The molecule has 7 heteroatoms. The molecule has 0 bridgehead atoms. The Morgan fingerprint density at radius 3 is 2.82 bits per heavy atom. The Labute approximate surface area is 160 Å². The summed E-state index contributed by atoms with van der Waals surface area (Å²) in [6.07, 6.45) is 4.69. The number of carbonyl (C=O) groups is 1. The fraction of sp³-hybridized carbons (Fsp3) is 0.286. The molecule has 0 saturated carbocycles. The third kappa shape index (κ3) is 2.39. The monoisotopic (exact) mass is 377 g/mol. The number of aromatic carboxylic acids is 1. The molecule has 0 radical (unpaired) electrons. The zero-order valence-corrected chi connectivity index (χ0v) is 15.6. The number of nitrogens with zero attached hydrogens (tertiary/aromatic N) is 2. The van der Waals surface area contributed by atoms with Gasteiger partial charge in [-0.1, -0.05) is 0 Å². The highest BCUT2D eigenvalue weighted by molar-refractivity contribution is 5.88. The number of fused-ring (bicyclic) bond motifs is 5. The summed E-state index contributed by atoms with van der Waals surface area (Å²) in [6.45, 7) is 4.76. The van der Waals surface area contributed by atoms with Crippen LogP contribution in [0, 0.1) is 0 Å². The number of rotatable bonds is 2. The van der Waals surface area contributed by atoms with Crippen molar-refractivity contribution in [2.45, 2.75) is 38.8 Å². The van der Waals surface area contributed by atoms with E-state index in [1.807, 2.05) is 16.7 Å². The number of carboxylic acids is 1. The van der Waals surface area contributed by atoms with Crippen LogP contribution in [0.5, 0.6) is 5.75 Å². The summed E-state index contributed by atoms with van der Waals surface area (Å²) in [5.74, 6) is -0.334. The van der Waals surface area contributed by atoms with Gasteiger partial charge in [-0.25, -0.2) is 4.79 Å². The number of hydrogen-bond acceptors (Lipinski definition) is 4. The lowest BCUT2D eigenvalue weighted by Gasteiger charge is -2.25. The van der Waals surface area contributed by atoms with Gasteiger partial charge in [0.2, 0.25) is 0 Å². The van der Waals surface area contributed by atoms with Crippen LogP contribution in [0.2, 0.25) is 0 Å². The molecule has 2 aliphatic rings. The number of carboxylic acid groups (broad SMARTS) is 1. The molecule has 142 valence electrons. The summed E-state index contributed by atoms with van der Waals surface area (Å²) in [4.78, 5) is 23.7. The summed E-state index contributed by atoms with van der Waals surface area (Å²) in [5, 5.41) is 16.3. The van der Waals surface area contributed by atoms with E-state index in [0.717, 1.165) is 46.7 Å². The molecule has 0 saturated heterocycles. The Morgan fingerprint density at radius 2 is 2.11 bits per heavy atom. The van der Waals surface area contributed by atoms with Crippen molar-refractivity contribution in [2.75, 3.05) is 0 Å². The molecule has 3 aromatic rings. The van der Waals surface area contributed by atoms with Crippen LogP contribution >= 0.6 is 0 Å². The lowest BCUT2D eigenvalue weighted by molar-refractivity contribution is 0.0694. The van der Waals surface area contributed by atoms with E-state index in [1.54, 1.807) is 6.20 Å². The van der Waals surface area contributed by atoms with Crippen LogP contribution in [0.1, 0.15) is 35.3 Å². The van der Waals surface area contributed by atoms with E-state index in [4.69, 9.17) is 4.74 Å². The maximum atomic E-state index is 12.4. The molecule has 28 heavy (non-hydrogen) atoms. The van der Waals surface area contributed by atoms with E-state index < -0.39 is 11.4 Å². The van der Waals surface area contributed by atoms with Crippen molar-refractivity contribution in [1.82, 2.24) is 14.8 Å². The van der Waals surface area contributed by atoms with Crippen molar-refractivity contribution in [2.24, 2.45) is 0 Å². The largest absolute Gasteiger partial charge is 0.487 e. The minimum absolute atomic E-state index is 0.202. The number of H-pyrrole nitrogens is 1. The van der Waals surface area contributed by atoms with Crippen LogP contribution in [0.4, 0.5) is 0 Å². The molecule has 0 fully saturated rings. The van der Waals surface area contributed by atoms with E-state index >= 15 is 0 Å². The van der Waals surface area contributed by atoms with Crippen molar-refractivity contribution in [1.29, 1.82) is 0 Å². The molecule has 0 spiro atoms. The minimum Gasteiger partial charge on any atom is -0.487 e. The van der Waals surface area contributed by atoms with Gasteiger partial charge in [-0.05, 0) is 38.0 Å². The Kier molecular flexibility index (Phi) is 3.34. The lowest BCUT2D eigenvalue weighted by Crippen LogP contribution is -2.25. The standard InChI is InChI=1S/C21H19N3O4/c1-21(2)9-14-11-4-6-24-10-15(20(26)27)18(25)8-17(24)12(11)7-13(19(14)28-21)16-3-5-22-23-16/h3,5,7-8,10H,4,6,9H2,1-2H3,(H,22,23)(H,26,27). The highest BCUT2D eigenvalue weighted by atomic mass is 16.5. The molecular weight excluding hydrogens is 358 g/mol. The summed E-state index contributed by atoms with van der Waals surface area (Å²) in [6, 6.07) is 5.35. The van der Waals surface area contributed by atoms with E-state index in [0.29, 0.717) is 6.54 Å². The normalized spacial score (nSPS) is 16.1. The van der Waals surface area contributed by atoms with Crippen LogP contribution in [0.25, 0.3) is 22.5 Å². The van der Waals surface area contributed by atoms with Gasteiger partial charge in [0.15, 0.2) is 5.43 Å². The van der Waals surface area contributed by atoms with Gasteiger partial charge in [0, 0.05) is 48.1 Å². The molecule has 7 nitrogen and oxygen atoms in total. The molecule has 4 heterocycles. The predicted molar refractivity (Wildman–Crippen MR) is 103 cm³/mol. The SMILES string of the molecule is CC1(C)Cc2c3c(cc(-c4ccn[nH]4)c2O1)-c1cc(=O)c(C(=O)O)cn1CC3. The smallest absolute Gasteiger partial charge is 0.341 e. The Hall–Kier alpha value is -3.35. The molecule has 1 aromatic carbocycles. The van der Waals surface area contributed by atoms with Gasteiger partial charge in [0.1, 0.15) is 16.9 Å². The molecule has 2 aromatic heterocycles. The first-order valence-electron chi connectivity index (χ1n) is 9.20. The summed E-state index contributed by atoms with van der Waals surface area (Å²) in [7, 11) is 0. The lowest BCUT2D eigenvalue weighted by atomic mass is 9.86. The minimum atomic E-state index is -1.20. The molecule has 2 aliphatic heterocycles. The number of nitrogens with one attached hydrogen (secondary N) is 1. The second kappa shape index (κ2) is 5.58. The number of ether oxygens (including phenoxy) is 1. The van der Waals surface area contributed by atoms with Gasteiger partial charge in [0.25, 0.3) is 0 Å². The first kappa shape index (κ1) is 16.8. The van der Waals surface area contributed by atoms with Crippen molar-refractivity contribution < 1.29 is 14.6 Å². The quantitative estimate of drug-likeness (QED) is 0.716. The first-order chi connectivity index (χ1) is 13.3. The molecule has 0 unspecified atom stereocenters. The van der Waals surface area contributed by atoms with Crippen LogP contribution in [0.3, 0.4) is 0 Å². The second-order valence-electron chi connectivity index (χ2n) is 7.95. The third-order valence-electron chi connectivity index (χ3n) is 5.51. The van der Waals surface area contributed by atoms with E-state index in [1.165, 1.54) is 17.8 Å².